The van der Waals surface area contributed by atoms with E-state index in [0.29, 0.717) is 26.2 Å². The van der Waals surface area contributed by atoms with Gasteiger partial charge in [0.2, 0.25) is 10.0 Å². The minimum absolute atomic E-state index is 0.111. The zero-order valence-electron chi connectivity index (χ0n) is 15.4. The lowest BCUT2D eigenvalue weighted by atomic mass is 10.2. The average molecular weight is 426 g/mol. The van der Waals surface area contributed by atoms with E-state index in [1.54, 1.807) is 18.2 Å². The van der Waals surface area contributed by atoms with Crippen molar-refractivity contribution in [2.24, 2.45) is 0 Å². The van der Waals surface area contributed by atoms with Crippen LogP contribution >= 0.6 is 11.6 Å². The van der Waals surface area contributed by atoms with Crippen molar-refractivity contribution in [1.29, 1.82) is 0 Å². The molecule has 0 saturated carbocycles. The zero-order chi connectivity index (χ0) is 20.3. The maximum atomic E-state index is 14.5. The summed E-state index contributed by atoms with van der Waals surface area (Å²) in [6.07, 6.45) is 0. The Hall–Kier alpha value is -2.00. The number of hydrogen-bond acceptors (Lipinski definition) is 4. The Morgan fingerprint density at radius 3 is 2.43 bits per heavy atom. The highest BCUT2D eigenvalue weighted by Crippen LogP contribution is 2.24. The number of anilines is 1. The molecule has 1 saturated heterocycles. The van der Waals surface area contributed by atoms with E-state index < -0.39 is 21.7 Å². The van der Waals surface area contributed by atoms with Gasteiger partial charge in [0.1, 0.15) is 5.82 Å². The van der Waals surface area contributed by atoms with E-state index in [1.807, 2.05) is 6.92 Å². The van der Waals surface area contributed by atoms with Crippen LogP contribution in [0.4, 0.5) is 10.1 Å². The molecule has 0 atom stereocenters. The first-order valence-electron chi connectivity index (χ1n) is 8.91. The fourth-order valence-corrected chi connectivity index (χ4v) is 4.68. The Morgan fingerprint density at radius 2 is 1.82 bits per heavy atom. The van der Waals surface area contributed by atoms with Gasteiger partial charge < -0.3 is 10.2 Å². The number of carbonyl (C=O) groups is 1. The van der Waals surface area contributed by atoms with Crippen molar-refractivity contribution < 1.29 is 17.6 Å². The molecule has 3 rings (SSSR count). The van der Waals surface area contributed by atoms with Gasteiger partial charge in [-0.15, -0.1) is 0 Å². The largest absolute Gasteiger partial charge is 0.319 e. The Bertz CT molecular complexity index is 976. The number of carbonyl (C=O) groups excluding carboxylic acids is 1. The molecule has 1 heterocycles. The minimum atomic E-state index is -3.79. The third-order valence-corrected chi connectivity index (χ3v) is 6.95. The molecule has 9 heteroatoms. The lowest BCUT2D eigenvalue weighted by molar-refractivity contribution is 0.102. The molecule has 2 aromatic carbocycles. The maximum Gasteiger partial charge on any atom is 0.257 e. The van der Waals surface area contributed by atoms with E-state index in [0.717, 1.165) is 12.6 Å². The van der Waals surface area contributed by atoms with Crippen LogP contribution in [0.1, 0.15) is 17.3 Å². The van der Waals surface area contributed by atoms with E-state index in [2.05, 4.69) is 10.2 Å². The number of hydrogen-bond donors (Lipinski definition) is 1. The van der Waals surface area contributed by atoms with Gasteiger partial charge in [-0.05, 0) is 36.9 Å². The Labute approximate surface area is 168 Å². The van der Waals surface area contributed by atoms with Gasteiger partial charge in [0.05, 0.1) is 21.2 Å². The van der Waals surface area contributed by atoms with Crippen molar-refractivity contribution in [3.8, 4) is 0 Å². The molecule has 1 aliphatic rings. The van der Waals surface area contributed by atoms with Crippen LogP contribution in [0.3, 0.4) is 0 Å². The monoisotopic (exact) mass is 425 g/mol. The third kappa shape index (κ3) is 4.35. The summed E-state index contributed by atoms with van der Waals surface area (Å²) in [6, 6.07) is 9.88. The highest BCUT2D eigenvalue weighted by Gasteiger charge is 2.28. The fraction of sp³-hybridized carbons (Fsp3) is 0.316. The first-order chi connectivity index (χ1) is 13.3. The van der Waals surface area contributed by atoms with Crippen LogP contribution in [0.2, 0.25) is 5.02 Å². The quantitative estimate of drug-likeness (QED) is 0.799. The summed E-state index contributed by atoms with van der Waals surface area (Å²) in [5, 5.41) is 2.67. The molecule has 0 spiro atoms. The van der Waals surface area contributed by atoms with Crippen molar-refractivity contribution in [3.63, 3.8) is 0 Å². The summed E-state index contributed by atoms with van der Waals surface area (Å²) in [5.74, 6) is -1.40. The van der Waals surface area contributed by atoms with E-state index in [4.69, 9.17) is 11.6 Å². The Balaban J connectivity index is 1.77. The number of nitrogens with zero attached hydrogens (tertiary/aromatic N) is 2. The zero-order valence-corrected chi connectivity index (χ0v) is 16.9. The van der Waals surface area contributed by atoms with Gasteiger partial charge in [-0.3, -0.25) is 4.79 Å². The Morgan fingerprint density at radius 1 is 1.14 bits per heavy atom. The number of rotatable bonds is 5. The van der Waals surface area contributed by atoms with Gasteiger partial charge in [0, 0.05) is 26.2 Å². The van der Waals surface area contributed by atoms with Crippen molar-refractivity contribution >= 4 is 33.2 Å². The van der Waals surface area contributed by atoms with Gasteiger partial charge >= 0.3 is 0 Å². The molecule has 0 aliphatic carbocycles. The summed E-state index contributed by atoms with van der Waals surface area (Å²) >= 11 is 5.97. The van der Waals surface area contributed by atoms with Crippen LogP contribution in [-0.2, 0) is 10.0 Å². The predicted molar refractivity (Wildman–Crippen MR) is 107 cm³/mol. The molecule has 0 unspecified atom stereocenters. The lowest BCUT2D eigenvalue weighted by Crippen LogP contribution is -2.48. The standard InChI is InChI=1S/C19H21ClFN3O3S/c1-2-23-9-11-24(12-10-23)28(26,27)14-7-8-18(17(21)13-14)22-19(25)15-5-3-4-6-16(15)20/h3-8,13H,2,9-12H2,1H3,(H,22,25). The molecule has 150 valence electrons. The number of sulfonamides is 1. The second-order valence-electron chi connectivity index (χ2n) is 6.41. The van der Waals surface area contributed by atoms with Gasteiger partial charge in [0.25, 0.3) is 5.91 Å². The summed E-state index contributed by atoms with van der Waals surface area (Å²) in [7, 11) is -3.79. The molecule has 0 radical (unpaired) electrons. The smallest absolute Gasteiger partial charge is 0.257 e. The number of piperazine rings is 1. The van der Waals surface area contributed by atoms with Gasteiger partial charge in [0.15, 0.2) is 0 Å². The van der Waals surface area contributed by atoms with E-state index in [1.165, 1.54) is 22.5 Å². The summed E-state index contributed by atoms with van der Waals surface area (Å²) in [5.41, 5.74) is 0.0914. The highest BCUT2D eigenvalue weighted by atomic mass is 35.5. The first-order valence-corrected chi connectivity index (χ1v) is 10.7. The van der Waals surface area contributed by atoms with Crippen LogP contribution in [0.15, 0.2) is 47.4 Å². The van der Waals surface area contributed by atoms with Crippen molar-refractivity contribution in [2.45, 2.75) is 11.8 Å². The second kappa shape index (κ2) is 8.57. The summed E-state index contributed by atoms with van der Waals surface area (Å²) in [4.78, 5) is 14.3. The molecule has 0 bridgehead atoms. The number of likely N-dealkylation sites (N-methyl/N-ethyl adjacent to an activating group) is 1. The number of halogens is 2. The molecule has 6 nitrogen and oxygen atoms in total. The lowest BCUT2D eigenvalue weighted by Gasteiger charge is -2.33. The SMILES string of the molecule is CCN1CCN(S(=O)(=O)c2ccc(NC(=O)c3ccccc3Cl)c(F)c2)CC1. The van der Waals surface area contributed by atoms with E-state index in [9.17, 15) is 17.6 Å². The molecular weight excluding hydrogens is 405 g/mol. The van der Waals surface area contributed by atoms with Crippen LogP contribution in [0, 0.1) is 5.82 Å². The van der Waals surface area contributed by atoms with Gasteiger partial charge in [-0.25, -0.2) is 12.8 Å². The molecular formula is C19H21ClFN3O3S. The molecule has 1 amide bonds. The van der Waals surface area contributed by atoms with Crippen LogP contribution in [0.5, 0.6) is 0 Å². The number of benzene rings is 2. The first kappa shape index (κ1) is 20.7. The number of nitrogens with one attached hydrogen (secondary N) is 1. The van der Waals surface area contributed by atoms with Crippen LogP contribution in [-0.4, -0.2) is 56.3 Å². The maximum absolute atomic E-state index is 14.5. The Kier molecular flexibility index (Phi) is 6.34. The third-order valence-electron chi connectivity index (χ3n) is 4.72. The summed E-state index contributed by atoms with van der Waals surface area (Å²) in [6.45, 7) is 4.90. The second-order valence-corrected chi connectivity index (χ2v) is 8.76. The van der Waals surface area contributed by atoms with Gasteiger partial charge in [-0.1, -0.05) is 30.7 Å². The van der Waals surface area contributed by atoms with Crippen LogP contribution < -0.4 is 5.32 Å². The normalized spacial score (nSPS) is 16.1. The van der Waals surface area contributed by atoms with Crippen LogP contribution in [0.25, 0.3) is 0 Å². The fourth-order valence-electron chi connectivity index (χ4n) is 3.03. The van der Waals surface area contributed by atoms with Crippen molar-refractivity contribution in [2.75, 3.05) is 38.0 Å². The predicted octanol–water partition coefficient (Wildman–Crippen LogP) is 3.06. The molecule has 2 aromatic rings. The molecule has 1 N–H and O–H groups in total. The number of amides is 1. The molecule has 28 heavy (non-hydrogen) atoms. The molecule has 1 aliphatic heterocycles. The van der Waals surface area contributed by atoms with Gasteiger partial charge in [-0.2, -0.15) is 4.31 Å². The van der Waals surface area contributed by atoms with E-state index >= 15 is 0 Å². The summed E-state index contributed by atoms with van der Waals surface area (Å²) < 4.78 is 41.4. The topological polar surface area (TPSA) is 69.7 Å². The van der Waals surface area contributed by atoms with Crippen molar-refractivity contribution in [3.05, 3.63) is 58.9 Å². The molecule has 0 aromatic heterocycles. The highest BCUT2D eigenvalue weighted by molar-refractivity contribution is 7.89. The van der Waals surface area contributed by atoms with E-state index in [-0.39, 0.29) is 21.2 Å². The average Bonchev–Trinajstić information content (AvgIpc) is 2.69. The van der Waals surface area contributed by atoms with Crippen molar-refractivity contribution in [1.82, 2.24) is 9.21 Å². The minimum Gasteiger partial charge on any atom is -0.319 e. The molecule has 1 fully saturated rings.